The standard InChI is InChI=1S/C18H25NO4/c1-21-16-8-7-12(9-17(16)23-13-5-3-4-6-13)14-10-19-11-15(14)18(20)22-2/h7-9,13-15,19H,3-6,10-11H2,1-2H3/t14?,15-/m1/s1. The fraction of sp³-hybridized carbons (Fsp3) is 0.611. The summed E-state index contributed by atoms with van der Waals surface area (Å²) in [6.07, 6.45) is 4.93. The molecule has 126 valence electrons. The van der Waals surface area contributed by atoms with Crippen molar-refractivity contribution in [3.05, 3.63) is 23.8 Å². The molecule has 1 N–H and O–H groups in total. The number of rotatable bonds is 5. The molecule has 1 saturated heterocycles. The lowest BCUT2D eigenvalue weighted by Crippen LogP contribution is -2.23. The number of ether oxygens (including phenoxy) is 3. The van der Waals surface area contributed by atoms with Crippen LogP contribution in [0.15, 0.2) is 18.2 Å². The molecule has 3 rings (SSSR count). The van der Waals surface area contributed by atoms with Crippen molar-refractivity contribution in [3.8, 4) is 11.5 Å². The molecule has 5 heteroatoms. The van der Waals surface area contributed by atoms with Gasteiger partial charge in [-0.2, -0.15) is 0 Å². The van der Waals surface area contributed by atoms with Crippen molar-refractivity contribution in [3.63, 3.8) is 0 Å². The molecule has 5 nitrogen and oxygen atoms in total. The Balaban J connectivity index is 1.83. The number of hydrogen-bond donors (Lipinski definition) is 1. The molecule has 23 heavy (non-hydrogen) atoms. The Bertz CT molecular complexity index is 554. The average Bonchev–Trinajstić information content (AvgIpc) is 3.25. The van der Waals surface area contributed by atoms with E-state index in [2.05, 4.69) is 5.32 Å². The van der Waals surface area contributed by atoms with Crippen LogP contribution >= 0.6 is 0 Å². The first-order valence-corrected chi connectivity index (χ1v) is 8.36. The molecule has 1 aromatic carbocycles. The smallest absolute Gasteiger partial charge is 0.310 e. The molecule has 1 heterocycles. The molecule has 2 atom stereocenters. The van der Waals surface area contributed by atoms with Crippen LogP contribution < -0.4 is 14.8 Å². The van der Waals surface area contributed by atoms with E-state index >= 15 is 0 Å². The van der Waals surface area contributed by atoms with Gasteiger partial charge in [0.05, 0.1) is 26.2 Å². The summed E-state index contributed by atoms with van der Waals surface area (Å²) in [5.74, 6) is 1.34. The molecular formula is C18H25NO4. The first-order valence-electron chi connectivity index (χ1n) is 8.36. The molecule has 2 aliphatic rings. The van der Waals surface area contributed by atoms with Gasteiger partial charge in [-0.3, -0.25) is 4.79 Å². The molecule has 1 aliphatic heterocycles. The van der Waals surface area contributed by atoms with E-state index in [0.717, 1.165) is 36.4 Å². The van der Waals surface area contributed by atoms with Crippen LogP contribution in [0.1, 0.15) is 37.2 Å². The van der Waals surface area contributed by atoms with Gasteiger partial charge in [-0.05, 0) is 43.4 Å². The third-order valence-corrected chi connectivity index (χ3v) is 4.93. The van der Waals surface area contributed by atoms with Gasteiger partial charge in [-0.15, -0.1) is 0 Å². The number of nitrogens with one attached hydrogen (secondary N) is 1. The third kappa shape index (κ3) is 3.44. The van der Waals surface area contributed by atoms with E-state index in [1.165, 1.54) is 20.0 Å². The molecule has 0 radical (unpaired) electrons. The van der Waals surface area contributed by atoms with Crippen LogP contribution in [0.2, 0.25) is 0 Å². The van der Waals surface area contributed by atoms with E-state index in [1.54, 1.807) is 7.11 Å². The van der Waals surface area contributed by atoms with E-state index in [9.17, 15) is 4.79 Å². The van der Waals surface area contributed by atoms with Crippen LogP contribution in [0, 0.1) is 5.92 Å². The van der Waals surface area contributed by atoms with Crippen molar-refractivity contribution in [2.75, 3.05) is 27.3 Å². The van der Waals surface area contributed by atoms with E-state index in [0.29, 0.717) is 6.54 Å². The molecule has 1 aliphatic carbocycles. The molecular weight excluding hydrogens is 294 g/mol. The van der Waals surface area contributed by atoms with E-state index in [4.69, 9.17) is 14.2 Å². The molecule has 1 saturated carbocycles. The highest BCUT2D eigenvalue weighted by Crippen LogP contribution is 2.37. The SMILES string of the molecule is COC(=O)[C@@H]1CNCC1c1ccc(OC)c(OC2CCCC2)c1. The van der Waals surface area contributed by atoms with E-state index in [-0.39, 0.29) is 23.9 Å². The Morgan fingerprint density at radius 2 is 1.91 bits per heavy atom. The van der Waals surface area contributed by atoms with E-state index in [1.807, 2.05) is 18.2 Å². The van der Waals surface area contributed by atoms with Crippen LogP contribution in [0.5, 0.6) is 11.5 Å². The lowest BCUT2D eigenvalue weighted by Gasteiger charge is -2.20. The maximum Gasteiger partial charge on any atom is 0.310 e. The molecule has 0 bridgehead atoms. The molecule has 0 amide bonds. The molecule has 0 aromatic heterocycles. The highest BCUT2D eigenvalue weighted by molar-refractivity contribution is 5.74. The van der Waals surface area contributed by atoms with Gasteiger partial charge < -0.3 is 19.5 Å². The quantitative estimate of drug-likeness (QED) is 0.845. The molecule has 1 aromatic rings. The number of hydrogen-bond acceptors (Lipinski definition) is 5. The van der Waals surface area contributed by atoms with Gasteiger partial charge in [0.15, 0.2) is 11.5 Å². The van der Waals surface area contributed by atoms with Crippen LogP contribution in [0.25, 0.3) is 0 Å². The second-order valence-corrected chi connectivity index (χ2v) is 6.33. The summed E-state index contributed by atoms with van der Waals surface area (Å²) in [5, 5.41) is 3.28. The third-order valence-electron chi connectivity index (χ3n) is 4.93. The Morgan fingerprint density at radius 1 is 1.13 bits per heavy atom. The number of carbonyl (C=O) groups excluding carboxylic acids is 1. The first-order chi connectivity index (χ1) is 11.2. The fourth-order valence-electron chi connectivity index (χ4n) is 3.63. The van der Waals surface area contributed by atoms with Crippen LogP contribution in [0.4, 0.5) is 0 Å². The van der Waals surface area contributed by atoms with Crippen molar-refractivity contribution >= 4 is 5.97 Å². The zero-order chi connectivity index (χ0) is 16.2. The predicted molar refractivity (Wildman–Crippen MR) is 87.0 cm³/mol. The maximum atomic E-state index is 12.0. The van der Waals surface area contributed by atoms with Gasteiger partial charge in [0.1, 0.15) is 0 Å². The molecule has 0 spiro atoms. The van der Waals surface area contributed by atoms with E-state index < -0.39 is 0 Å². The monoisotopic (exact) mass is 319 g/mol. The van der Waals surface area contributed by atoms with Crippen LogP contribution in [-0.4, -0.2) is 39.4 Å². The highest BCUT2D eigenvalue weighted by atomic mass is 16.5. The minimum atomic E-state index is -0.158. The van der Waals surface area contributed by atoms with Gasteiger partial charge in [0.25, 0.3) is 0 Å². The summed E-state index contributed by atoms with van der Waals surface area (Å²) in [5.41, 5.74) is 1.10. The Labute approximate surface area is 137 Å². The number of methoxy groups -OCH3 is 2. The van der Waals surface area contributed by atoms with Gasteiger partial charge in [-0.1, -0.05) is 6.07 Å². The van der Waals surface area contributed by atoms with Crippen molar-refractivity contribution < 1.29 is 19.0 Å². The number of esters is 1. The van der Waals surface area contributed by atoms with Crippen molar-refractivity contribution in [1.29, 1.82) is 0 Å². The molecule has 1 unspecified atom stereocenters. The van der Waals surface area contributed by atoms with Gasteiger partial charge >= 0.3 is 5.97 Å². The Kier molecular flexibility index (Phi) is 5.06. The van der Waals surface area contributed by atoms with Gasteiger partial charge in [0, 0.05) is 19.0 Å². The highest BCUT2D eigenvalue weighted by Gasteiger charge is 2.35. The zero-order valence-electron chi connectivity index (χ0n) is 13.8. The summed E-state index contributed by atoms with van der Waals surface area (Å²) >= 11 is 0. The topological polar surface area (TPSA) is 56.8 Å². The predicted octanol–water partition coefficient (Wildman–Crippen LogP) is 2.49. The summed E-state index contributed by atoms with van der Waals surface area (Å²) < 4.78 is 16.5. The second-order valence-electron chi connectivity index (χ2n) is 6.33. The lowest BCUT2D eigenvalue weighted by molar-refractivity contribution is -0.145. The summed E-state index contributed by atoms with van der Waals surface area (Å²) in [7, 11) is 3.10. The first kappa shape index (κ1) is 16.1. The second kappa shape index (κ2) is 7.21. The Hall–Kier alpha value is -1.75. The average molecular weight is 319 g/mol. The summed E-state index contributed by atoms with van der Waals surface area (Å²) in [6.45, 7) is 1.43. The largest absolute Gasteiger partial charge is 0.493 e. The van der Waals surface area contributed by atoms with Crippen LogP contribution in [-0.2, 0) is 9.53 Å². The summed E-state index contributed by atoms with van der Waals surface area (Å²) in [4.78, 5) is 12.0. The normalized spacial score (nSPS) is 24.6. The van der Waals surface area contributed by atoms with Gasteiger partial charge in [-0.25, -0.2) is 0 Å². The number of benzene rings is 1. The number of carbonyl (C=O) groups is 1. The van der Waals surface area contributed by atoms with Crippen molar-refractivity contribution in [1.82, 2.24) is 5.32 Å². The minimum absolute atomic E-state index is 0.110. The zero-order valence-corrected chi connectivity index (χ0v) is 13.8. The van der Waals surface area contributed by atoms with Gasteiger partial charge in [0.2, 0.25) is 0 Å². The maximum absolute atomic E-state index is 12.0. The lowest BCUT2D eigenvalue weighted by atomic mass is 9.89. The Morgan fingerprint density at radius 3 is 2.61 bits per heavy atom. The molecule has 2 fully saturated rings. The fourth-order valence-corrected chi connectivity index (χ4v) is 3.63. The minimum Gasteiger partial charge on any atom is -0.493 e. The van der Waals surface area contributed by atoms with Crippen molar-refractivity contribution in [2.24, 2.45) is 5.92 Å². The van der Waals surface area contributed by atoms with Crippen LogP contribution in [0.3, 0.4) is 0 Å². The van der Waals surface area contributed by atoms with Crippen molar-refractivity contribution in [2.45, 2.75) is 37.7 Å². The summed E-state index contributed by atoms with van der Waals surface area (Å²) in [6, 6.07) is 5.99.